The molecule has 0 radical (unpaired) electrons. The van der Waals surface area contributed by atoms with Crippen LogP contribution in [0.15, 0.2) is 29.4 Å². The number of benzene rings is 1. The van der Waals surface area contributed by atoms with Crippen molar-refractivity contribution in [3.63, 3.8) is 0 Å². The number of anilines is 1. The van der Waals surface area contributed by atoms with Crippen LogP contribution in [0.3, 0.4) is 0 Å². The van der Waals surface area contributed by atoms with Crippen LogP contribution in [0.5, 0.6) is 5.75 Å². The van der Waals surface area contributed by atoms with E-state index in [9.17, 15) is 0 Å². The Balaban J connectivity index is 2.55. The molecule has 0 amide bonds. The number of hydrogen-bond acceptors (Lipinski definition) is 6. The molecule has 0 unspecified atom stereocenters. The summed E-state index contributed by atoms with van der Waals surface area (Å²) in [5, 5.41) is 0.596. The molecular weight excluding hydrogens is 236 g/mol. The molecule has 0 spiro atoms. The molecule has 17 heavy (non-hydrogen) atoms. The minimum absolute atomic E-state index is 0.213. The van der Waals surface area contributed by atoms with E-state index in [4.69, 9.17) is 10.5 Å². The van der Waals surface area contributed by atoms with E-state index in [0.29, 0.717) is 16.7 Å². The topological polar surface area (TPSA) is 73.9 Å². The third-order valence-electron chi connectivity index (χ3n) is 2.16. The zero-order valence-electron chi connectivity index (χ0n) is 9.54. The maximum atomic E-state index is 5.65. The number of thioether (sulfide) groups is 1. The van der Waals surface area contributed by atoms with E-state index >= 15 is 0 Å². The molecule has 0 aliphatic rings. The highest BCUT2D eigenvalue weighted by molar-refractivity contribution is 7.98. The fourth-order valence-electron chi connectivity index (χ4n) is 1.41. The Morgan fingerprint density at radius 1 is 1.18 bits per heavy atom. The predicted octanol–water partition coefficient (Wildman–Crippen LogP) is 1.85. The fraction of sp³-hybridized carbons (Fsp3) is 0.182. The third kappa shape index (κ3) is 2.47. The zero-order valence-corrected chi connectivity index (χ0v) is 10.4. The first kappa shape index (κ1) is 11.7. The summed E-state index contributed by atoms with van der Waals surface area (Å²) in [6.45, 7) is 0. The van der Waals surface area contributed by atoms with E-state index < -0.39 is 0 Å². The highest BCUT2D eigenvalue weighted by atomic mass is 32.2. The Labute approximate surface area is 103 Å². The number of nitrogens with two attached hydrogens (primary N) is 1. The van der Waals surface area contributed by atoms with Gasteiger partial charge in [-0.1, -0.05) is 23.9 Å². The van der Waals surface area contributed by atoms with Crippen molar-refractivity contribution >= 4 is 17.7 Å². The average molecular weight is 248 g/mol. The number of ether oxygens (including phenoxy) is 1. The summed E-state index contributed by atoms with van der Waals surface area (Å²) in [7, 11) is 1.61. The van der Waals surface area contributed by atoms with Crippen LogP contribution in [-0.2, 0) is 0 Å². The van der Waals surface area contributed by atoms with Crippen LogP contribution in [-0.4, -0.2) is 28.3 Å². The van der Waals surface area contributed by atoms with Crippen molar-refractivity contribution in [1.82, 2.24) is 15.0 Å². The molecule has 0 atom stereocenters. The molecule has 88 valence electrons. The van der Waals surface area contributed by atoms with Gasteiger partial charge >= 0.3 is 0 Å². The van der Waals surface area contributed by atoms with Crippen LogP contribution in [0, 0.1) is 0 Å². The van der Waals surface area contributed by atoms with Gasteiger partial charge in [-0.15, -0.1) is 0 Å². The van der Waals surface area contributed by atoms with E-state index in [1.807, 2.05) is 30.5 Å². The highest BCUT2D eigenvalue weighted by Gasteiger charge is 2.10. The van der Waals surface area contributed by atoms with Crippen LogP contribution >= 0.6 is 11.8 Å². The lowest BCUT2D eigenvalue weighted by molar-refractivity contribution is 0.416. The van der Waals surface area contributed by atoms with Gasteiger partial charge in [-0.25, -0.2) is 4.98 Å². The maximum Gasteiger partial charge on any atom is 0.224 e. The number of aromatic nitrogens is 3. The summed E-state index contributed by atoms with van der Waals surface area (Å²) in [5.74, 6) is 1.45. The number of para-hydroxylation sites is 1. The fourth-order valence-corrected chi connectivity index (χ4v) is 1.78. The summed E-state index contributed by atoms with van der Waals surface area (Å²) < 4.78 is 5.27. The van der Waals surface area contributed by atoms with Crippen molar-refractivity contribution in [3.05, 3.63) is 24.3 Å². The highest BCUT2D eigenvalue weighted by Crippen LogP contribution is 2.27. The largest absolute Gasteiger partial charge is 0.496 e. The smallest absolute Gasteiger partial charge is 0.224 e. The first-order chi connectivity index (χ1) is 8.24. The lowest BCUT2D eigenvalue weighted by Gasteiger charge is -2.07. The molecule has 0 aliphatic carbocycles. The maximum absolute atomic E-state index is 5.65. The normalized spacial score (nSPS) is 10.2. The summed E-state index contributed by atoms with van der Waals surface area (Å²) in [6, 6.07) is 7.53. The second kappa shape index (κ2) is 5.01. The molecule has 2 N–H and O–H groups in total. The van der Waals surface area contributed by atoms with E-state index in [-0.39, 0.29) is 5.95 Å². The first-order valence-corrected chi connectivity index (χ1v) is 6.16. The van der Waals surface area contributed by atoms with Crippen LogP contribution in [0.2, 0.25) is 0 Å². The summed E-state index contributed by atoms with van der Waals surface area (Å²) >= 11 is 1.42. The summed E-state index contributed by atoms with van der Waals surface area (Å²) in [4.78, 5) is 12.4. The van der Waals surface area contributed by atoms with E-state index in [2.05, 4.69) is 15.0 Å². The molecule has 1 aromatic heterocycles. The van der Waals surface area contributed by atoms with Crippen LogP contribution in [0.4, 0.5) is 5.95 Å². The van der Waals surface area contributed by atoms with Crippen LogP contribution in [0.25, 0.3) is 11.4 Å². The van der Waals surface area contributed by atoms with Gasteiger partial charge in [0.15, 0.2) is 11.0 Å². The van der Waals surface area contributed by atoms with Gasteiger partial charge in [0.25, 0.3) is 0 Å². The number of rotatable bonds is 3. The second-order valence-electron chi connectivity index (χ2n) is 3.20. The van der Waals surface area contributed by atoms with Gasteiger partial charge in [0, 0.05) is 0 Å². The van der Waals surface area contributed by atoms with Crippen molar-refractivity contribution in [3.8, 4) is 17.1 Å². The summed E-state index contributed by atoms with van der Waals surface area (Å²) in [6.07, 6.45) is 1.89. The van der Waals surface area contributed by atoms with Gasteiger partial charge in [-0.05, 0) is 18.4 Å². The van der Waals surface area contributed by atoms with Crippen molar-refractivity contribution in [2.75, 3.05) is 19.1 Å². The quantitative estimate of drug-likeness (QED) is 0.836. The SMILES string of the molecule is COc1ccccc1-c1nc(N)nc(SC)n1. The van der Waals surface area contributed by atoms with Crippen molar-refractivity contribution in [1.29, 1.82) is 0 Å². The van der Waals surface area contributed by atoms with Gasteiger partial charge in [0.05, 0.1) is 12.7 Å². The minimum Gasteiger partial charge on any atom is -0.496 e. The minimum atomic E-state index is 0.213. The molecule has 0 saturated carbocycles. The molecule has 5 nitrogen and oxygen atoms in total. The molecule has 2 rings (SSSR count). The Morgan fingerprint density at radius 3 is 2.65 bits per heavy atom. The molecule has 2 aromatic rings. The molecule has 1 heterocycles. The lowest BCUT2D eigenvalue weighted by atomic mass is 10.2. The van der Waals surface area contributed by atoms with Gasteiger partial charge in [-0.2, -0.15) is 9.97 Å². The predicted molar refractivity (Wildman–Crippen MR) is 68.0 cm³/mol. The average Bonchev–Trinajstić information content (AvgIpc) is 2.37. The Kier molecular flexibility index (Phi) is 3.43. The Morgan fingerprint density at radius 2 is 1.94 bits per heavy atom. The standard InChI is InChI=1S/C11H12N4OS/c1-16-8-6-4-3-5-7(8)9-13-10(12)15-11(14-9)17-2/h3-6H,1-2H3,(H2,12,13,14,15). The van der Waals surface area contributed by atoms with Crippen molar-refractivity contribution in [2.24, 2.45) is 0 Å². The van der Waals surface area contributed by atoms with Gasteiger partial charge in [0.2, 0.25) is 5.95 Å². The second-order valence-corrected chi connectivity index (χ2v) is 3.98. The molecule has 6 heteroatoms. The molecular formula is C11H12N4OS. The molecule has 0 fully saturated rings. The zero-order chi connectivity index (χ0) is 12.3. The van der Waals surface area contributed by atoms with Gasteiger partial charge < -0.3 is 10.5 Å². The van der Waals surface area contributed by atoms with Gasteiger partial charge in [-0.3, -0.25) is 0 Å². The van der Waals surface area contributed by atoms with Crippen molar-refractivity contribution < 1.29 is 4.74 Å². The number of nitrogens with zero attached hydrogens (tertiary/aromatic N) is 3. The van der Waals surface area contributed by atoms with Crippen LogP contribution in [0.1, 0.15) is 0 Å². The van der Waals surface area contributed by atoms with Gasteiger partial charge in [0.1, 0.15) is 5.75 Å². The summed E-state index contributed by atoms with van der Waals surface area (Å²) in [5.41, 5.74) is 6.45. The first-order valence-electron chi connectivity index (χ1n) is 4.93. The molecule has 0 saturated heterocycles. The molecule has 0 aliphatic heterocycles. The Hall–Kier alpha value is -1.82. The Bertz CT molecular complexity index is 533. The molecule has 0 bridgehead atoms. The number of nitrogen functional groups attached to an aromatic ring is 1. The van der Waals surface area contributed by atoms with E-state index in [1.165, 1.54) is 11.8 Å². The van der Waals surface area contributed by atoms with E-state index in [0.717, 1.165) is 5.56 Å². The van der Waals surface area contributed by atoms with E-state index in [1.54, 1.807) is 7.11 Å². The number of methoxy groups -OCH3 is 1. The third-order valence-corrected chi connectivity index (χ3v) is 2.71. The molecule has 1 aromatic carbocycles. The number of hydrogen-bond donors (Lipinski definition) is 1. The van der Waals surface area contributed by atoms with Crippen LogP contribution < -0.4 is 10.5 Å². The van der Waals surface area contributed by atoms with Crippen molar-refractivity contribution in [2.45, 2.75) is 5.16 Å². The lowest BCUT2D eigenvalue weighted by Crippen LogP contribution is -2.02. The monoisotopic (exact) mass is 248 g/mol.